The van der Waals surface area contributed by atoms with Crippen molar-refractivity contribution in [3.63, 3.8) is 0 Å². The van der Waals surface area contributed by atoms with Crippen molar-refractivity contribution in [1.29, 1.82) is 0 Å². The Morgan fingerprint density at radius 2 is 2.24 bits per heavy atom. The molecule has 0 aromatic heterocycles. The van der Waals surface area contributed by atoms with E-state index >= 15 is 0 Å². The number of hydrogen-bond donors (Lipinski definition) is 1. The molecule has 1 heterocycles. The van der Waals surface area contributed by atoms with E-state index in [4.69, 9.17) is 0 Å². The van der Waals surface area contributed by atoms with E-state index in [9.17, 15) is 4.79 Å². The third-order valence-electron chi connectivity index (χ3n) is 3.40. The molecule has 1 atom stereocenters. The fourth-order valence-electron chi connectivity index (χ4n) is 2.30. The second-order valence-corrected chi connectivity index (χ2v) is 4.60. The first kappa shape index (κ1) is 11.9. The number of anilines is 1. The minimum Gasteiger partial charge on any atom is -0.385 e. The number of carbonyl (C=O) groups excluding carboxylic acids is 1. The van der Waals surface area contributed by atoms with Gasteiger partial charge < -0.3 is 5.32 Å². The first-order chi connectivity index (χ1) is 8.22. The summed E-state index contributed by atoms with van der Waals surface area (Å²) in [6.45, 7) is 6.86. The summed E-state index contributed by atoms with van der Waals surface area (Å²) in [5.41, 5.74) is 3.29. The van der Waals surface area contributed by atoms with E-state index < -0.39 is 0 Å². The van der Waals surface area contributed by atoms with Crippen LogP contribution in [-0.2, 0) is 4.79 Å². The predicted molar refractivity (Wildman–Crippen MR) is 71.3 cm³/mol. The van der Waals surface area contributed by atoms with Gasteiger partial charge in [-0.3, -0.25) is 4.79 Å². The summed E-state index contributed by atoms with van der Waals surface area (Å²) < 4.78 is 0. The molecule has 1 aliphatic rings. The van der Waals surface area contributed by atoms with Gasteiger partial charge in [0.05, 0.1) is 0 Å². The van der Waals surface area contributed by atoms with Gasteiger partial charge in [0, 0.05) is 24.6 Å². The molecule has 1 aliphatic heterocycles. The number of carbonyl (C=O) groups is 1. The van der Waals surface area contributed by atoms with Crippen molar-refractivity contribution in [1.82, 2.24) is 0 Å². The fraction of sp³-hybridized carbons (Fsp3) is 0.400. The van der Waals surface area contributed by atoms with Gasteiger partial charge in [-0.1, -0.05) is 37.3 Å². The summed E-state index contributed by atoms with van der Waals surface area (Å²) in [7, 11) is 0. The van der Waals surface area contributed by atoms with Gasteiger partial charge in [-0.05, 0) is 24.5 Å². The zero-order chi connectivity index (χ0) is 12.3. The Labute approximate surface area is 103 Å². The highest BCUT2D eigenvalue weighted by atomic mass is 16.1. The molecule has 2 nitrogen and oxygen atoms in total. The van der Waals surface area contributed by atoms with Gasteiger partial charge in [0.25, 0.3) is 0 Å². The molecular formula is C15H19NO. The molecule has 1 unspecified atom stereocenters. The minimum atomic E-state index is 0.0516. The summed E-state index contributed by atoms with van der Waals surface area (Å²) >= 11 is 0. The average molecular weight is 229 g/mol. The number of hydrogen-bond acceptors (Lipinski definition) is 2. The van der Waals surface area contributed by atoms with E-state index in [1.54, 1.807) is 0 Å². The van der Waals surface area contributed by atoms with Gasteiger partial charge in [0.2, 0.25) is 0 Å². The lowest BCUT2D eigenvalue weighted by Gasteiger charge is -2.25. The maximum Gasteiger partial charge on any atom is 0.144 e. The number of benzene rings is 1. The highest BCUT2D eigenvalue weighted by Gasteiger charge is 2.25. The lowest BCUT2D eigenvalue weighted by atomic mass is 9.85. The molecule has 2 rings (SSSR count). The summed E-state index contributed by atoms with van der Waals surface area (Å²) in [6, 6.07) is 8.10. The van der Waals surface area contributed by atoms with E-state index in [0.29, 0.717) is 12.2 Å². The maximum absolute atomic E-state index is 12.2. The van der Waals surface area contributed by atoms with Crippen molar-refractivity contribution >= 4 is 11.5 Å². The standard InChI is InChI=1S/C15H19NO/c1-3-11(2)10-15(17)13-8-9-16-14-7-5-4-6-12(13)14/h4-7,13,16H,2-3,8-10H2,1H3. The maximum atomic E-state index is 12.2. The molecule has 0 spiro atoms. The average Bonchev–Trinajstić information content (AvgIpc) is 2.37. The van der Waals surface area contributed by atoms with E-state index in [-0.39, 0.29) is 5.92 Å². The van der Waals surface area contributed by atoms with E-state index in [1.807, 2.05) is 25.1 Å². The number of nitrogens with one attached hydrogen (secondary N) is 1. The van der Waals surface area contributed by atoms with Crippen LogP contribution in [0.3, 0.4) is 0 Å². The Morgan fingerprint density at radius 3 is 3.00 bits per heavy atom. The quantitative estimate of drug-likeness (QED) is 0.800. The molecule has 0 bridgehead atoms. The molecule has 1 aromatic rings. The van der Waals surface area contributed by atoms with E-state index in [2.05, 4.69) is 18.0 Å². The van der Waals surface area contributed by atoms with Crippen LogP contribution in [0.2, 0.25) is 0 Å². The molecular weight excluding hydrogens is 210 g/mol. The lowest BCUT2D eigenvalue weighted by molar-refractivity contribution is -0.120. The van der Waals surface area contributed by atoms with Crippen LogP contribution in [-0.4, -0.2) is 12.3 Å². The van der Waals surface area contributed by atoms with E-state index in [1.165, 1.54) is 0 Å². The second-order valence-electron chi connectivity index (χ2n) is 4.60. The smallest absolute Gasteiger partial charge is 0.144 e. The zero-order valence-electron chi connectivity index (χ0n) is 10.3. The molecule has 0 saturated carbocycles. The number of allylic oxidation sites excluding steroid dienone is 1. The van der Waals surface area contributed by atoms with Crippen molar-refractivity contribution in [2.75, 3.05) is 11.9 Å². The Kier molecular flexibility index (Phi) is 3.62. The Bertz CT molecular complexity index is 436. The summed E-state index contributed by atoms with van der Waals surface area (Å²) in [4.78, 5) is 12.2. The molecule has 1 N–H and O–H groups in total. The van der Waals surface area contributed by atoms with Crippen LogP contribution < -0.4 is 5.32 Å². The molecule has 2 heteroatoms. The van der Waals surface area contributed by atoms with Crippen LogP contribution in [0.15, 0.2) is 36.4 Å². The first-order valence-corrected chi connectivity index (χ1v) is 6.24. The fourth-order valence-corrected chi connectivity index (χ4v) is 2.30. The highest BCUT2D eigenvalue weighted by molar-refractivity contribution is 5.89. The Hall–Kier alpha value is -1.57. The molecule has 17 heavy (non-hydrogen) atoms. The van der Waals surface area contributed by atoms with Crippen molar-refractivity contribution < 1.29 is 4.79 Å². The van der Waals surface area contributed by atoms with Gasteiger partial charge in [-0.2, -0.15) is 0 Å². The van der Waals surface area contributed by atoms with Crippen LogP contribution in [0.25, 0.3) is 0 Å². The number of para-hydroxylation sites is 1. The molecule has 0 aliphatic carbocycles. The lowest BCUT2D eigenvalue weighted by Crippen LogP contribution is -2.23. The molecule has 0 amide bonds. The van der Waals surface area contributed by atoms with Crippen LogP contribution in [0.1, 0.15) is 37.7 Å². The SMILES string of the molecule is C=C(CC)CC(=O)C1CCNc2ccccc21. The molecule has 1 aromatic carbocycles. The van der Waals surface area contributed by atoms with Crippen LogP contribution in [0.4, 0.5) is 5.69 Å². The largest absolute Gasteiger partial charge is 0.385 e. The molecule has 0 saturated heterocycles. The van der Waals surface area contributed by atoms with Gasteiger partial charge in [0.15, 0.2) is 0 Å². The van der Waals surface area contributed by atoms with Crippen LogP contribution in [0.5, 0.6) is 0 Å². The zero-order valence-corrected chi connectivity index (χ0v) is 10.3. The second kappa shape index (κ2) is 5.17. The monoisotopic (exact) mass is 229 g/mol. The van der Waals surface area contributed by atoms with Gasteiger partial charge in [-0.15, -0.1) is 0 Å². The highest BCUT2D eigenvalue weighted by Crippen LogP contribution is 2.33. The first-order valence-electron chi connectivity index (χ1n) is 6.24. The van der Waals surface area contributed by atoms with Gasteiger partial charge >= 0.3 is 0 Å². The van der Waals surface area contributed by atoms with Crippen molar-refractivity contribution in [2.45, 2.75) is 32.1 Å². The van der Waals surface area contributed by atoms with Crippen LogP contribution >= 0.6 is 0 Å². The third-order valence-corrected chi connectivity index (χ3v) is 3.40. The summed E-state index contributed by atoms with van der Waals surface area (Å²) in [5.74, 6) is 0.363. The number of ketones is 1. The van der Waals surface area contributed by atoms with Crippen LogP contribution in [0, 0.1) is 0 Å². The summed E-state index contributed by atoms with van der Waals surface area (Å²) in [5, 5.41) is 3.34. The molecule has 0 fully saturated rings. The summed E-state index contributed by atoms with van der Waals surface area (Å²) in [6.07, 6.45) is 2.31. The molecule has 90 valence electrons. The number of fused-ring (bicyclic) bond motifs is 1. The topological polar surface area (TPSA) is 29.1 Å². The minimum absolute atomic E-state index is 0.0516. The van der Waals surface area contributed by atoms with Crippen molar-refractivity contribution in [2.24, 2.45) is 0 Å². The number of Topliss-reactive ketones (excluding diaryl/α,β-unsaturated/α-hetero) is 1. The van der Waals surface area contributed by atoms with Crippen molar-refractivity contribution in [3.8, 4) is 0 Å². The van der Waals surface area contributed by atoms with Gasteiger partial charge in [-0.25, -0.2) is 0 Å². The van der Waals surface area contributed by atoms with Crippen molar-refractivity contribution in [3.05, 3.63) is 42.0 Å². The van der Waals surface area contributed by atoms with E-state index in [0.717, 1.165) is 36.2 Å². The Morgan fingerprint density at radius 1 is 1.47 bits per heavy atom. The normalized spacial score (nSPS) is 18.1. The van der Waals surface area contributed by atoms with Gasteiger partial charge in [0.1, 0.15) is 5.78 Å². The predicted octanol–water partition coefficient (Wildman–Crippen LogP) is 3.51. The molecule has 0 radical (unpaired) electrons. The Balaban J connectivity index is 2.18. The number of rotatable bonds is 4. The third kappa shape index (κ3) is 2.57.